The Balaban J connectivity index is 1.68. The Labute approximate surface area is 170 Å². The fraction of sp³-hybridized carbons (Fsp3) is 0.160. The van der Waals surface area contributed by atoms with E-state index < -0.39 is 0 Å². The van der Waals surface area contributed by atoms with E-state index in [2.05, 4.69) is 65.6 Å². The lowest BCUT2D eigenvalue weighted by Crippen LogP contribution is -2.43. The zero-order valence-corrected chi connectivity index (χ0v) is 16.3. The summed E-state index contributed by atoms with van der Waals surface area (Å²) in [5.74, 6) is 0. The highest BCUT2D eigenvalue weighted by Crippen LogP contribution is 2.40. The average molecular weight is 385 g/mol. The van der Waals surface area contributed by atoms with Crippen LogP contribution in [0.3, 0.4) is 0 Å². The SMILES string of the molecule is NC1(c2ccc(-c3cc4ccc(Cl)nc4cc3-c3ccccc3)cc2)CCC1. The summed E-state index contributed by atoms with van der Waals surface area (Å²) in [4.78, 5) is 4.51. The van der Waals surface area contributed by atoms with E-state index in [-0.39, 0.29) is 5.54 Å². The molecule has 5 rings (SSSR count). The number of benzene rings is 3. The predicted molar refractivity (Wildman–Crippen MR) is 117 cm³/mol. The van der Waals surface area contributed by atoms with E-state index in [1.165, 1.54) is 28.7 Å². The topological polar surface area (TPSA) is 38.9 Å². The van der Waals surface area contributed by atoms with Crippen LogP contribution in [0.2, 0.25) is 5.15 Å². The number of hydrogen-bond donors (Lipinski definition) is 1. The number of hydrogen-bond acceptors (Lipinski definition) is 2. The molecule has 0 amide bonds. The Hall–Kier alpha value is -2.68. The van der Waals surface area contributed by atoms with Gasteiger partial charge in [-0.1, -0.05) is 66.2 Å². The highest BCUT2D eigenvalue weighted by Gasteiger charge is 2.34. The molecule has 0 spiro atoms. The fourth-order valence-corrected chi connectivity index (χ4v) is 4.22. The number of pyridine rings is 1. The molecular weight excluding hydrogens is 364 g/mol. The maximum absolute atomic E-state index is 6.50. The van der Waals surface area contributed by atoms with E-state index in [1.54, 1.807) is 0 Å². The summed E-state index contributed by atoms with van der Waals surface area (Å²) in [5, 5.41) is 1.59. The number of rotatable bonds is 3. The molecule has 2 nitrogen and oxygen atoms in total. The zero-order valence-electron chi connectivity index (χ0n) is 15.5. The summed E-state index contributed by atoms with van der Waals surface area (Å²) in [6.45, 7) is 0. The molecule has 0 bridgehead atoms. The molecule has 1 aliphatic rings. The molecule has 0 atom stereocenters. The van der Waals surface area contributed by atoms with E-state index in [9.17, 15) is 0 Å². The zero-order chi connectivity index (χ0) is 19.1. The third-order valence-electron chi connectivity index (χ3n) is 5.90. The lowest BCUT2D eigenvalue weighted by Gasteiger charge is -2.38. The Bertz CT molecular complexity index is 1150. The molecule has 28 heavy (non-hydrogen) atoms. The van der Waals surface area contributed by atoms with Crippen LogP contribution in [-0.2, 0) is 5.54 Å². The molecule has 1 heterocycles. The molecule has 4 aromatic rings. The van der Waals surface area contributed by atoms with Gasteiger partial charge in [0.1, 0.15) is 5.15 Å². The number of fused-ring (bicyclic) bond motifs is 1. The summed E-state index contributed by atoms with van der Waals surface area (Å²) >= 11 is 6.13. The lowest BCUT2D eigenvalue weighted by molar-refractivity contribution is 0.253. The van der Waals surface area contributed by atoms with Crippen LogP contribution >= 0.6 is 11.6 Å². The molecule has 1 fully saturated rings. The van der Waals surface area contributed by atoms with Gasteiger partial charge >= 0.3 is 0 Å². The van der Waals surface area contributed by atoms with Crippen LogP contribution in [0, 0.1) is 0 Å². The molecule has 0 unspecified atom stereocenters. The van der Waals surface area contributed by atoms with Crippen molar-refractivity contribution in [3.63, 3.8) is 0 Å². The second-order valence-corrected chi connectivity index (χ2v) is 8.06. The van der Waals surface area contributed by atoms with Crippen molar-refractivity contribution >= 4 is 22.5 Å². The number of halogens is 1. The fourth-order valence-electron chi connectivity index (χ4n) is 4.07. The molecule has 2 N–H and O–H groups in total. The second-order valence-electron chi connectivity index (χ2n) is 7.68. The van der Waals surface area contributed by atoms with Crippen molar-refractivity contribution in [2.75, 3.05) is 0 Å². The van der Waals surface area contributed by atoms with Crippen molar-refractivity contribution in [1.29, 1.82) is 0 Å². The standard InChI is InChI=1S/C25H21ClN2/c26-24-12-9-19-15-21(18-7-10-20(11-8-18)25(27)13-4-14-25)22(16-23(19)28-24)17-5-2-1-3-6-17/h1-3,5-12,15-16H,4,13-14,27H2. The van der Waals surface area contributed by atoms with Gasteiger partial charge in [-0.25, -0.2) is 4.98 Å². The van der Waals surface area contributed by atoms with Crippen molar-refractivity contribution in [2.45, 2.75) is 24.8 Å². The normalized spacial score (nSPS) is 15.4. The van der Waals surface area contributed by atoms with Crippen molar-refractivity contribution in [3.8, 4) is 22.3 Å². The van der Waals surface area contributed by atoms with Crippen molar-refractivity contribution < 1.29 is 0 Å². The second kappa shape index (κ2) is 6.73. The highest BCUT2D eigenvalue weighted by molar-refractivity contribution is 6.29. The van der Waals surface area contributed by atoms with Crippen molar-refractivity contribution in [2.24, 2.45) is 5.73 Å². The molecule has 0 aliphatic heterocycles. The van der Waals surface area contributed by atoms with Gasteiger partial charge in [0, 0.05) is 10.9 Å². The number of nitrogens with zero attached hydrogens (tertiary/aromatic N) is 1. The van der Waals surface area contributed by atoms with Gasteiger partial charge in [0.25, 0.3) is 0 Å². The van der Waals surface area contributed by atoms with Gasteiger partial charge in [0.05, 0.1) is 5.52 Å². The smallest absolute Gasteiger partial charge is 0.129 e. The minimum Gasteiger partial charge on any atom is -0.321 e. The minimum absolute atomic E-state index is 0.134. The van der Waals surface area contributed by atoms with Crippen molar-refractivity contribution in [1.82, 2.24) is 4.98 Å². The summed E-state index contributed by atoms with van der Waals surface area (Å²) in [6, 6.07) is 27.4. The molecule has 0 saturated heterocycles. The van der Waals surface area contributed by atoms with Gasteiger partial charge in [-0.05, 0) is 71.3 Å². The van der Waals surface area contributed by atoms with Gasteiger partial charge < -0.3 is 5.73 Å². The van der Waals surface area contributed by atoms with Crippen LogP contribution in [0.5, 0.6) is 0 Å². The van der Waals surface area contributed by atoms with Crippen LogP contribution < -0.4 is 5.73 Å². The predicted octanol–water partition coefficient (Wildman–Crippen LogP) is 6.56. The summed E-state index contributed by atoms with van der Waals surface area (Å²) in [5.41, 5.74) is 13.2. The largest absolute Gasteiger partial charge is 0.321 e. The lowest BCUT2D eigenvalue weighted by atomic mass is 9.72. The number of nitrogens with two attached hydrogens (primary N) is 1. The molecule has 3 heteroatoms. The molecule has 1 saturated carbocycles. The van der Waals surface area contributed by atoms with Gasteiger partial charge in [-0.3, -0.25) is 0 Å². The minimum atomic E-state index is -0.134. The third-order valence-corrected chi connectivity index (χ3v) is 6.11. The molecule has 1 aliphatic carbocycles. The molecule has 138 valence electrons. The first-order chi connectivity index (χ1) is 13.6. The van der Waals surface area contributed by atoms with Crippen molar-refractivity contribution in [3.05, 3.63) is 89.6 Å². The van der Waals surface area contributed by atoms with Gasteiger partial charge in [-0.15, -0.1) is 0 Å². The van der Waals surface area contributed by atoms with Crippen LogP contribution in [0.15, 0.2) is 78.9 Å². The molecule has 0 radical (unpaired) electrons. The van der Waals surface area contributed by atoms with E-state index in [1.807, 2.05) is 18.2 Å². The maximum Gasteiger partial charge on any atom is 0.129 e. The van der Waals surface area contributed by atoms with Gasteiger partial charge in [0.2, 0.25) is 0 Å². The molecular formula is C25H21ClN2. The van der Waals surface area contributed by atoms with Crippen LogP contribution in [0.4, 0.5) is 0 Å². The van der Waals surface area contributed by atoms with Gasteiger partial charge in [0.15, 0.2) is 0 Å². The quantitative estimate of drug-likeness (QED) is 0.406. The van der Waals surface area contributed by atoms with Crippen LogP contribution in [-0.4, -0.2) is 4.98 Å². The first-order valence-corrected chi connectivity index (χ1v) is 10.1. The first-order valence-electron chi connectivity index (χ1n) is 9.68. The van der Waals surface area contributed by atoms with E-state index in [0.29, 0.717) is 5.15 Å². The number of aromatic nitrogens is 1. The summed E-state index contributed by atoms with van der Waals surface area (Å²) in [6.07, 6.45) is 3.37. The monoisotopic (exact) mass is 384 g/mol. The van der Waals surface area contributed by atoms with Gasteiger partial charge in [-0.2, -0.15) is 0 Å². The Morgan fingerprint density at radius 3 is 2.14 bits per heavy atom. The Morgan fingerprint density at radius 1 is 0.786 bits per heavy atom. The molecule has 1 aromatic heterocycles. The Morgan fingerprint density at radius 2 is 1.46 bits per heavy atom. The van der Waals surface area contributed by atoms with E-state index in [0.717, 1.165) is 29.3 Å². The Kier molecular flexibility index (Phi) is 4.19. The average Bonchev–Trinajstić information content (AvgIpc) is 2.72. The van der Waals surface area contributed by atoms with E-state index >= 15 is 0 Å². The first kappa shape index (κ1) is 17.4. The van der Waals surface area contributed by atoms with Crippen LogP contribution in [0.1, 0.15) is 24.8 Å². The maximum atomic E-state index is 6.50. The summed E-state index contributed by atoms with van der Waals surface area (Å²) in [7, 11) is 0. The van der Waals surface area contributed by atoms with Crippen LogP contribution in [0.25, 0.3) is 33.2 Å². The summed E-state index contributed by atoms with van der Waals surface area (Å²) < 4.78 is 0. The van der Waals surface area contributed by atoms with E-state index in [4.69, 9.17) is 17.3 Å². The highest BCUT2D eigenvalue weighted by atomic mass is 35.5. The third kappa shape index (κ3) is 2.99. The molecule has 3 aromatic carbocycles.